The van der Waals surface area contributed by atoms with Crippen LogP contribution in [0, 0.1) is 30.6 Å². The van der Waals surface area contributed by atoms with E-state index in [1.807, 2.05) is 0 Å². The lowest BCUT2D eigenvalue weighted by Gasteiger charge is -2.47. The van der Waals surface area contributed by atoms with Gasteiger partial charge >= 0.3 is 0 Å². The number of rotatable bonds is 12. The first kappa shape index (κ1) is 32.9. The SMILES string of the molecule is CC/C=C1/C(C)(C)C(c2ccc([C@H](I)CC)cc2)=CC[C@]1(C)CC[C@H](C)/C(=C/CCC)Cc1ccc(C)cc1C. The van der Waals surface area contributed by atoms with E-state index in [2.05, 4.69) is 146 Å². The predicted octanol–water partition coefficient (Wildman–Crippen LogP) is 12.7. The van der Waals surface area contributed by atoms with Crippen LogP contribution >= 0.6 is 22.6 Å². The van der Waals surface area contributed by atoms with Gasteiger partial charge in [0, 0.05) is 9.34 Å². The van der Waals surface area contributed by atoms with Crippen molar-refractivity contribution in [1.82, 2.24) is 0 Å². The van der Waals surface area contributed by atoms with E-state index in [9.17, 15) is 0 Å². The molecule has 40 heavy (non-hydrogen) atoms. The standard InChI is InChI=1S/C39H55I/c1-10-13-15-33(27-34-17-16-28(4)26-30(34)6)29(5)22-24-39(9)25-23-35(38(7,8)37(39)14-11-2)31-18-20-32(21-19-31)36(40)12-3/h14-21,23,26,29,36H,10-13,22,24-25,27H2,1-9H3/b33-15+,37-14-/t29-,36+,39-/m0/s1. The van der Waals surface area contributed by atoms with E-state index < -0.39 is 0 Å². The molecule has 1 aliphatic carbocycles. The van der Waals surface area contributed by atoms with Crippen LogP contribution in [0.25, 0.3) is 5.57 Å². The largest absolute Gasteiger partial charge is 0.0847 e. The maximum absolute atomic E-state index is 2.58. The summed E-state index contributed by atoms with van der Waals surface area (Å²) in [5.41, 5.74) is 12.1. The van der Waals surface area contributed by atoms with Gasteiger partial charge in [-0.15, -0.1) is 0 Å². The van der Waals surface area contributed by atoms with Crippen LogP contribution in [0.15, 0.2) is 71.8 Å². The number of unbranched alkanes of at least 4 members (excludes halogenated alkanes) is 1. The van der Waals surface area contributed by atoms with Crippen molar-refractivity contribution in [2.45, 2.75) is 118 Å². The summed E-state index contributed by atoms with van der Waals surface area (Å²) in [4.78, 5) is 0. The molecule has 0 nitrogen and oxygen atoms in total. The molecule has 0 N–H and O–H groups in total. The van der Waals surface area contributed by atoms with E-state index in [-0.39, 0.29) is 10.8 Å². The maximum Gasteiger partial charge on any atom is 0.0356 e. The van der Waals surface area contributed by atoms with Crippen LogP contribution in [-0.4, -0.2) is 0 Å². The van der Waals surface area contributed by atoms with Gasteiger partial charge < -0.3 is 0 Å². The van der Waals surface area contributed by atoms with Gasteiger partial charge in [0.1, 0.15) is 0 Å². The number of alkyl halides is 1. The highest BCUT2D eigenvalue weighted by atomic mass is 127. The van der Waals surface area contributed by atoms with Crippen LogP contribution in [0.5, 0.6) is 0 Å². The monoisotopic (exact) mass is 650 g/mol. The number of hydrogen-bond acceptors (Lipinski definition) is 0. The van der Waals surface area contributed by atoms with Gasteiger partial charge in [-0.3, -0.25) is 0 Å². The van der Waals surface area contributed by atoms with Crippen molar-refractivity contribution in [3.8, 4) is 0 Å². The molecule has 0 amide bonds. The molecule has 0 fully saturated rings. The molecule has 0 aliphatic heterocycles. The summed E-state index contributed by atoms with van der Waals surface area (Å²) in [6.07, 6.45) is 17.0. The molecule has 0 spiro atoms. The summed E-state index contributed by atoms with van der Waals surface area (Å²) in [5.74, 6) is 0.591. The highest BCUT2D eigenvalue weighted by molar-refractivity contribution is 14.1. The fourth-order valence-corrected chi connectivity index (χ4v) is 7.30. The van der Waals surface area contributed by atoms with E-state index in [1.165, 1.54) is 65.5 Å². The molecule has 0 heterocycles. The van der Waals surface area contributed by atoms with Crippen LogP contribution in [0.3, 0.4) is 0 Å². The lowest BCUT2D eigenvalue weighted by molar-refractivity contribution is 0.279. The van der Waals surface area contributed by atoms with Crippen LogP contribution < -0.4 is 0 Å². The Kier molecular flexibility index (Phi) is 11.9. The van der Waals surface area contributed by atoms with Crippen LogP contribution in [0.4, 0.5) is 0 Å². The number of benzene rings is 2. The van der Waals surface area contributed by atoms with Crippen molar-refractivity contribution < 1.29 is 0 Å². The average molecular weight is 651 g/mol. The van der Waals surface area contributed by atoms with Crippen molar-refractivity contribution in [2.75, 3.05) is 0 Å². The van der Waals surface area contributed by atoms with Crippen molar-refractivity contribution >= 4 is 28.2 Å². The molecular formula is C39H55I. The fraction of sp³-hybridized carbons (Fsp3) is 0.538. The van der Waals surface area contributed by atoms with Gasteiger partial charge in [0.05, 0.1) is 0 Å². The highest BCUT2D eigenvalue weighted by Gasteiger charge is 2.43. The van der Waals surface area contributed by atoms with Gasteiger partial charge in [-0.25, -0.2) is 0 Å². The zero-order chi connectivity index (χ0) is 29.5. The van der Waals surface area contributed by atoms with Gasteiger partial charge in [-0.1, -0.05) is 155 Å². The maximum atomic E-state index is 2.58. The van der Waals surface area contributed by atoms with Gasteiger partial charge in [-0.2, -0.15) is 0 Å². The lowest BCUT2D eigenvalue weighted by Crippen LogP contribution is -2.34. The van der Waals surface area contributed by atoms with E-state index in [0.29, 0.717) is 9.84 Å². The Hall–Kier alpha value is -1.61. The third-order valence-electron chi connectivity index (χ3n) is 9.45. The smallest absolute Gasteiger partial charge is 0.0356 e. The molecule has 0 aromatic heterocycles. The number of aryl methyl sites for hydroxylation is 2. The summed E-state index contributed by atoms with van der Waals surface area (Å²) in [7, 11) is 0. The predicted molar refractivity (Wildman–Crippen MR) is 187 cm³/mol. The summed E-state index contributed by atoms with van der Waals surface area (Å²) in [6.45, 7) is 21.3. The zero-order valence-electron chi connectivity index (χ0n) is 27.0. The topological polar surface area (TPSA) is 0 Å². The van der Waals surface area contributed by atoms with E-state index in [0.717, 1.165) is 19.3 Å². The number of allylic oxidation sites excluding steroid dienone is 6. The lowest BCUT2D eigenvalue weighted by atomic mass is 9.57. The molecule has 0 saturated carbocycles. The molecule has 2 aromatic rings. The molecule has 1 heteroatoms. The molecule has 1 aliphatic rings. The molecule has 0 bridgehead atoms. The third kappa shape index (κ3) is 7.81. The fourth-order valence-electron chi connectivity index (χ4n) is 6.88. The van der Waals surface area contributed by atoms with Crippen molar-refractivity contribution in [3.05, 3.63) is 99.7 Å². The minimum Gasteiger partial charge on any atom is -0.0847 e. The van der Waals surface area contributed by atoms with Crippen LogP contribution in [0.1, 0.15) is 125 Å². The van der Waals surface area contributed by atoms with Gasteiger partial charge in [0.2, 0.25) is 0 Å². The Balaban J connectivity index is 1.85. The molecule has 2 aromatic carbocycles. The Morgan fingerprint density at radius 2 is 1.70 bits per heavy atom. The van der Waals surface area contributed by atoms with Crippen molar-refractivity contribution in [1.29, 1.82) is 0 Å². The third-order valence-corrected chi connectivity index (χ3v) is 11.1. The molecule has 3 rings (SSSR count). The van der Waals surface area contributed by atoms with Gasteiger partial charge in [-0.05, 0) is 98.0 Å². The summed E-state index contributed by atoms with van der Waals surface area (Å²) in [5, 5.41) is 0. The Morgan fingerprint density at radius 1 is 1.00 bits per heavy atom. The highest BCUT2D eigenvalue weighted by Crippen LogP contribution is 2.56. The van der Waals surface area contributed by atoms with E-state index in [4.69, 9.17) is 0 Å². The normalized spacial score (nSPS) is 21.8. The molecule has 0 unspecified atom stereocenters. The Morgan fingerprint density at radius 3 is 2.30 bits per heavy atom. The van der Waals surface area contributed by atoms with Crippen LogP contribution in [-0.2, 0) is 6.42 Å². The van der Waals surface area contributed by atoms with E-state index >= 15 is 0 Å². The van der Waals surface area contributed by atoms with Gasteiger partial charge in [0.25, 0.3) is 0 Å². The van der Waals surface area contributed by atoms with Crippen molar-refractivity contribution in [3.63, 3.8) is 0 Å². The zero-order valence-corrected chi connectivity index (χ0v) is 29.1. The second-order valence-electron chi connectivity index (χ2n) is 13.1. The minimum atomic E-state index is 0.0299. The van der Waals surface area contributed by atoms with E-state index in [1.54, 1.807) is 11.1 Å². The average Bonchev–Trinajstić information content (AvgIpc) is 2.93. The molecule has 218 valence electrons. The summed E-state index contributed by atoms with van der Waals surface area (Å²) < 4.78 is 0.590. The van der Waals surface area contributed by atoms with Crippen molar-refractivity contribution in [2.24, 2.45) is 16.7 Å². The second kappa shape index (κ2) is 14.5. The number of hydrogen-bond donors (Lipinski definition) is 0. The molecule has 3 atom stereocenters. The number of halogens is 1. The molecular weight excluding hydrogens is 595 g/mol. The Bertz CT molecular complexity index is 1210. The molecule has 0 radical (unpaired) electrons. The Labute approximate surface area is 261 Å². The first-order valence-electron chi connectivity index (χ1n) is 15.9. The second-order valence-corrected chi connectivity index (χ2v) is 14.6. The quantitative estimate of drug-likeness (QED) is 0.122. The molecule has 0 saturated heterocycles. The summed E-state index contributed by atoms with van der Waals surface area (Å²) >= 11 is 2.57. The minimum absolute atomic E-state index is 0.0299. The first-order chi connectivity index (χ1) is 19.0. The first-order valence-corrected chi connectivity index (χ1v) is 17.1. The van der Waals surface area contributed by atoms with Crippen LogP contribution in [0.2, 0.25) is 0 Å². The van der Waals surface area contributed by atoms with Gasteiger partial charge in [0.15, 0.2) is 0 Å². The summed E-state index contributed by atoms with van der Waals surface area (Å²) in [6, 6.07) is 16.4.